The van der Waals surface area contributed by atoms with Crippen LogP contribution in [-0.4, -0.2) is 9.55 Å². The van der Waals surface area contributed by atoms with E-state index in [-0.39, 0.29) is 17.3 Å². The van der Waals surface area contributed by atoms with Crippen molar-refractivity contribution >= 4 is 21.6 Å². The average Bonchev–Trinajstić information content (AvgIpc) is 2.95. The van der Waals surface area contributed by atoms with E-state index >= 15 is 0 Å². The van der Waals surface area contributed by atoms with Gasteiger partial charge >= 0.3 is 0 Å². The Balaban J connectivity index is 1.93. The van der Waals surface area contributed by atoms with Gasteiger partial charge in [0, 0.05) is 10.8 Å². The molecule has 0 bridgehead atoms. The maximum absolute atomic E-state index is 13.6. The van der Waals surface area contributed by atoms with Gasteiger partial charge < -0.3 is 0 Å². The number of benzene rings is 1. The average molecular weight is 356 g/mol. The molecule has 0 atom stereocenters. The van der Waals surface area contributed by atoms with E-state index in [4.69, 9.17) is 4.98 Å². The van der Waals surface area contributed by atoms with Crippen molar-refractivity contribution in [3.8, 4) is 0 Å². The van der Waals surface area contributed by atoms with Crippen LogP contribution in [0.2, 0.25) is 0 Å². The summed E-state index contributed by atoms with van der Waals surface area (Å²) in [6, 6.07) is 6.45. The van der Waals surface area contributed by atoms with E-state index in [0.29, 0.717) is 6.54 Å². The number of aromatic nitrogens is 2. The molecular formula is C20H21FN2OS. The lowest BCUT2D eigenvalue weighted by atomic mass is 9.97. The van der Waals surface area contributed by atoms with Crippen molar-refractivity contribution < 1.29 is 4.39 Å². The third-order valence-electron chi connectivity index (χ3n) is 4.85. The summed E-state index contributed by atoms with van der Waals surface area (Å²) in [5.74, 6) is 0.628. The number of nitrogens with zero attached hydrogens (tertiary/aromatic N) is 2. The molecule has 0 spiro atoms. The molecule has 1 aliphatic rings. The summed E-state index contributed by atoms with van der Waals surface area (Å²) < 4.78 is 15.3. The van der Waals surface area contributed by atoms with Crippen LogP contribution in [0, 0.1) is 5.82 Å². The third kappa shape index (κ3) is 2.91. The predicted octanol–water partition coefficient (Wildman–Crippen LogP) is 4.65. The largest absolute Gasteiger partial charge is 0.291 e. The summed E-state index contributed by atoms with van der Waals surface area (Å²) in [5.41, 5.74) is 2.01. The molecule has 130 valence electrons. The molecule has 0 amide bonds. The Morgan fingerprint density at radius 3 is 2.84 bits per heavy atom. The highest BCUT2D eigenvalue weighted by Crippen LogP contribution is 2.34. The molecule has 0 aliphatic heterocycles. The summed E-state index contributed by atoms with van der Waals surface area (Å²) in [6.07, 6.45) is 4.34. The molecule has 25 heavy (non-hydrogen) atoms. The van der Waals surface area contributed by atoms with Crippen molar-refractivity contribution in [1.29, 1.82) is 0 Å². The van der Waals surface area contributed by atoms with Crippen LogP contribution in [0.1, 0.15) is 54.4 Å². The minimum atomic E-state index is -0.279. The number of halogens is 1. The Bertz CT molecular complexity index is 1000. The van der Waals surface area contributed by atoms with Crippen LogP contribution in [0.5, 0.6) is 0 Å². The lowest BCUT2D eigenvalue weighted by Gasteiger charge is -2.16. The van der Waals surface area contributed by atoms with Crippen molar-refractivity contribution in [2.75, 3.05) is 0 Å². The smallest absolute Gasteiger partial charge is 0.262 e. The van der Waals surface area contributed by atoms with Gasteiger partial charge in [0.05, 0.1) is 11.9 Å². The van der Waals surface area contributed by atoms with Crippen molar-refractivity contribution in [1.82, 2.24) is 9.55 Å². The number of thiophene rings is 1. The third-order valence-corrected chi connectivity index (χ3v) is 6.04. The number of aryl methyl sites for hydroxylation is 2. The van der Waals surface area contributed by atoms with Gasteiger partial charge in [-0.1, -0.05) is 26.0 Å². The molecule has 3 aromatic rings. The van der Waals surface area contributed by atoms with Gasteiger partial charge in [-0.3, -0.25) is 9.36 Å². The highest BCUT2D eigenvalue weighted by atomic mass is 32.1. The first-order chi connectivity index (χ1) is 12.0. The Morgan fingerprint density at radius 2 is 2.08 bits per heavy atom. The molecule has 0 radical (unpaired) electrons. The van der Waals surface area contributed by atoms with Gasteiger partial charge in [-0.2, -0.15) is 0 Å². The van der Waals surface area contributed by atoms with Crippen molar-refractivity contribution in [3.05, 3.63) is 62.3 Å². The fourth-order valence-electron chi connectivity index (χ4n) is 3.67. The normalized spacial score (nSPS) is 14.2. The first-order valence-electron chi connectivity index (χ1n) is 8.84. The Labute approximate surface area is 150 Å². The van der Waals surface area contributed by atoms with Gasteiger partial charge in [0.15, 0.2) is 0 Å². The van der Waals surface area contributed by atoms with Crippen molar-refractivity contribution in [2.24, 2.45) is 0 Å². The Kier molecular flexibility index (Phi) is 4.20. The molecule has 2 heterocycles. The maximum atomic E-state index is 13.6. The van der Waals surface area contributed by atoms with Gasteiger partial charge in [-0.05, 0) is 48.9 Å². The van der Waals surface area contributed by atoms with E-state index < -0.39 is 0 Å². The van der Waals surface area contributed by atoms with E-state index in [1.54, 1.807) is 22.0 Å². The molecule has 0 unspecified atom stereocenters. The fraction of sp³-hybridized carbons (Fsp3) is 0.400. The highest BCUT2D eigenvalue weighted by molar-refractivity contribution is 7.18. The van der Waals surface area contributed by atoms with Crippen molar-refractivity contribution in [2.45, 2.75) is 52.0 Å². The van der Waals surface area contributed by atoms with Gasteiger partial charge in [-0.25, -0.2) is 9.37 Å². The molecule has 3 nitrogen and oxygen atoms in total. The molecule has 0 saturated carbocycles. The molecular weight excluding hydrogens is 335 g/mol. The summed E-state index contributed by atoms with van der Waals surface area (Å²) in [4.78, 5) is 20.4. The molecule has 0 fully saturated rings. The summed E-state index contributed by atoms with van der Waals surface area (Å²) in [5, 5.41) is 0.792. The molecule has 1 aliphatic carbocycles. The number of hydrogen-bond donors (Lipinski definition) is 0. The molecule has 0 N–H and O–H groups in total. The topological polar surface area (TPSA) is 34.9 Å². The quantitative estimate of drug-likeness (QED) is 0.685. The van der Waals surface area contributed by atoms with Crippen LogP contribution >= 0.6 is 11.3 Å². The Hall–Kier alpha value is -2.01. The van der Waals surface area contributed by atoms with E-state index in [9.17, 15) is 9.18 Å². The number of fused-ring (bicyclic) bond motifs is 3. The van der Waals surface area contributed by atoms with Crippen LogP contribution < -0.4 is 5.56 Å². The maximum Gasteiger partial charge on any atom is 0.262 e. The molecule has 2 aromatic heterocycles. The first kappa shape index (κ1) is 16.5. The van der Waals surface area contributed by atoms with Crippen LogP contribution in [0.3, 0.4) is 0 Å². The number of hydrogen-bond acceptors (Lipinski definition) is 3. The molecule has 1 aromatic carbocycles. The van der Waals surface area contributed by atoms with Gasteiger partial charge in [0.2, 0.25) is 0 Å². The van der Waals surface area contributed by atoms with Crippen molar-refractivity contribution in [3.63, 3.8) is 0 Å². The van der Waals surface area contributed by atoms with Gasteiger partial charge in [-0.15, -0.1) is 11.3 Å². The number of rotatable bonds is 3. The van der Waals surface area contributed by atoms with E-state index in [1.165, 1.54) is 29.0 Å². The second kappa shape index (κ2) is 6.37. The zero-order valence-corrected chi connectivity index (χ0v) is 15.3. The molecule has 4 rings (SSSR count). The monoisotopic (exact) mass is 356 g/mol. The van der Waals surface area contributed by atoms with E-state index in [0.717, 1.165) is 40.9 Å². The minimum absolute atomic E-state index is 0.0253. The summed E-state index contributed by atoms with van der Waals surface area (Å²) in [6.45, 7) is 4.45. The summed E-state index contributed by atoms with van der Waals surface area (Å²) >= 11 is 1.68. The molecule has 0 saturated heterocycles. The van der Waals surface area contributed by atoms with Crippen LogP contribution in [-0.2, 0) is 19.4 Å². The highest BCUT2D eigenvalue weighted by Gasteiger charge is 2.23. The van der Waals surface area contributed by atoms with Crippen LogP contribution in [0.4, 0.5) is 4.39 Å². The van der Waals surface area contributed by atoms with Crippen LogP contribution in [0.25, 0.3) is 10.2 Å². The Morgan fingerprint density at radius 1 is 1.28 bits per heavy atom. The second-order valence-electron chi connectivity index (χ2n) is 7.04. The second-order valence-corrected chi connectivity index (χ2v) is 8.12. The minimum Gasteiger partial charge on any atom is -0.291 e. The van der Waals surface area contributed by atoms with E-state index in [1.807, 2.05) is 19.9 Å². The van der Waals surface area contributed by atoms with Gasteiger partial charge in [0.1, 0.15) is 16.5 Å². The summed E-state index contributed by atoms with van der Waals surface area (Å²) in [7, 11) is 0. The van der Waals surface area contributed by atoms with Gasteiger partial charge in [0.25, 0.3) is 5.56 Å². The standard InChI is InChI=1S/C20H21FN2OS/c1-12(2)18-22-19-17(15-8-3-4-9-16(15)25-19)20(24)23(18)11-13-6-5-7-14(21)10-13/h5-7,10,12H,3-4,8-9,11H2,1-2H3. The fourth-order valence-corrected chi connectivity index (χ4v) is 4.92. The first-order valence-corrected chi connectivity index (χ1v) is 9.65. The predicted molar refractivity (Wildman–Crippen MR) is 100 cm³/mol. The van der Waals surface area contributed by atoms with E-state index in [2.05, 4.69) is 0 Å². The molecule has 5 heteroatoms. The SMILES string of the molecule is CC(C)c1nc2sc3c(c2c(=O)n1Cc1cccc(F)c1)CCCC3. The lowest BCUT2D eigenvalue weighted by Crippen LogP contribution is -2.27. The zero-order valence-electron chi connectivity index (χ0n) is 14.5. The van der Waals surface area contributed by atoms with Crippen LogP contribution in [0.15, 0.2) is 29.1 Å². The lowest BCUT2D eigenvalue weighted by molar-refractivity contribution is 0.612. The zero-order chi connectivity index (χ0) is 17.6.